The van der Waals surface area contributed by atoms with E-state index in [4.69, 9.17) is 0 Å². The second-order valence-corrected chi connectivity index (χ2v) is 11.7. The van der Waals surface area contributed by atoms with E-state index in [0.29, 0.717) is 0 Å². The Morgan fingerprint density at radius 2 is 1.15 bits per heavy atom. The van der Waals surface area contributed by atoms with Crippen LogP contribution in [0.3, 0.4) is 0 Å². The highest BCUT2D eigenvalue weighted by Crippen LogP contribution is 2.48. The molecule has 7 aromatic carbocycles. The third-order valence-electron chi connectivity index (χ3n) is 8.36. The summed E-state index contributed by atoms with van der Waals surface area (Å²) in [6.45, 7) is 0. The summed E-state index contributed by atoms with van der Waals surface area (Å²) in [4.78, 5) is 2.67. The number of aromatic nitrogens is 1. The fraction of sp³-hybridized carbons (Fsp3) is 0. The number of benzene rings is 7. The van der Waals surface area contributed by atoms with E-state index in [1.807, 2.05) is 11.8 Å². The highest BCUT2D eigenvalue weighted by atomic mass is 32.2. The van der Waals surface area contributed by atoms with Gasteiger partial charge in [0.05, 0.1) is 11.0 Å². The lowest BCUT2D eigenvalue weighted by atomic mass is 9.94. The molecule has 0 fully saturated rings. The van der Waals surface area contributed by atoms with E-state index in [1.165, 1.54) is 81.1 Å². The summed E-state index contributed by atoms with van der Waals surface area (Å²) in [5.41, 5.74) is 8.79. The van der Waals surface area contributed by atoms with Crippen LogP contribution in [0.25, 0.3) is 71.3 Å². The molecule has 8 aromatic rings. The van der Waals surface area contributed by atoms with E-state index in [1.54, 1.807) is 0 Å². The highest BCUT2D eigenvalue weighted by molar-refractivity contribution is 7.99. The highest BCUT2D eigenvalue weighted by Gasteiger charge is 2.19. The topological polar surface area (TPSA) is 4.93 Å². The van der Waals surface area contributed by atoms with Crippen LogP contribution in [0.4, 0.5) is 0 Å². The van der Waals surface area contributed by atoms with Crippen LogP contribution in [0.15, 0.2) is 149 Å². The van der Waals surface area contributed by atoms with Crippen molar-refractivity contribution < 1.29 is 0 Å². The molecule has 0 atom stereocenters. The van der Waals surface area contributed by atoms with Crippen molar-refractivity contribution in [3.8, 4) is 27.9 Å². The van der Waals surface area contributed by atoms with Gasteiger partial charge in [-0.2, -0.15) is 0 Å². The molecule has 0 unspecified atom stereocenters. The molecule has 0 amide bonds. The molecule has 2 heteroatoms. The molecule has 0 radical (unpaired) electrons. The van der Waals surface area contributed by atoms with E-state index in [2.05, 4.69) is 144 Å². The number of hydrogen-bond donors (Lipinski definition) is 0. The molecule has 9 rings (SSSR count). The molecule has 0 spiro atoms. The molecule has 0 aliphatic carbocycles. The predicted octanol–water partition coefficient (Wildman–Crippen LogP) is 10.9. The van der Waals surface area contributed by atoms with Crippen molar-refractivity contribution in [2.24, 2.45) is 0 Å². The van der Waals surface area contributed by atoms with Gasteiger partial charge in [0.25, 0.3) is 0 Å². The number of hydrogen-bond acceptors (Lipinski definition) is 1. The summed E-state index contributed by atoms with van der Waals surface area (Å²) in [5, 5.41) is 7.79. The Morgan fingerprint density at radius 1 is 0.425 bits per heavy atom. The zero-order valence-electron chi connectivity index (χ0n) is 21.6. The third-order valence-corrected chi connectivity index (χ3v) is 9.49. The monoisotopic (exact) mass is 525 g/mol. The number of fused-ring (bicyclic) bond motifs is 6. The lowest BCUT2D eigenvalue weighted by Gasteiger charge is -2.21. The Bertz CT molecular complexity index is 2280. The van der Waals surface area contributed by atoms with Gasteiger partial charge in [-0.05, 0) is 86.9 Å². The molecule has 186 valence electrons. The van der Waals surface area contributed by atoms with Crippen molar-refractivity contribution >= 4 is 55.1 Å². The number of para-hydroxylation sites is 1. The van der Waals surface area contributed by atoms with E-state index < -0.39 is 0 Å². The van der Waals surface area contributed by atoms with Gasteiger partial charge in [-0.15, -0.1) is 0 Å². The van der Waals surface area contributed by atoms with Crippen molar-refractivity contribution in [2.45, 2.75) is 9.79 Å². The Hall–Kier alpha value is -4.79. The van der Waals surface area contributed by atoms with Crippen molar-refractivity contribution in [1.29, 1.82) is 0 Å². The Kier molecular flexibility index (Phi) is 4.61. The van der Waals surface area contributed by atoms with Gasteiger partial charge >= 0.3 is 0 Å². The van der Waals surface area contributed by atoms with Gasteiger partial charge < -0.3 is 4.57 Å². The smallest absolute Gasteiger partial charge is 0.0547 e. The second kappa shape index (κ2) is 8.35. The van der Waals surface area contributed by atoms with E-state index >= 15 is 0 Å². The molecule has 1 aliphatic rings. The van der Waals surface area contributed by atoms with Crippen LogP contribution in [0, 0.1) is 0 Å². The van der Waals surface area contributed by atoms with Crippen LogP contribution in [-0.4, -0.2) is 4.57 Å². The van der Waals surface area contributed by atoms with Crippen molar-refractivity contribution in [3.05, 3.63) is 140 Å². The average molecular weight is 526 g/mol. The summed E-state index contributed by atoms with van der Waals surface area (Å²) in [5.74, 6) is 0. The first kappa shape index (κ1) is 22.1. The van der Waals surface area contributed by atoms with E-state index in [0.717, 1.165) is 0 Å². The number of rotatable bonds is 2. The Morgan fingerprint density at radius 3 is 2.02 bits per heavy atom. The van der Waals surface area contributed by atoms with E-state index in [-0.39, 0.29) is 0 Å². The molecule has 0 N–H and O–H groups in total. The van der Waals surface area contributed by atoms with Gasteiger partial charge in [-0.3, -0.25) is 0 Å². The molecule has 0 saturated heterocycles. The van der Waals surface area contributed by atoms with Crippen LogP contribution in [0.1, 0.15) is 0 Å². The maximum Gasteiger partial charge on any atom is 0.0547 e. The molecule has 1 aliphatic heterocycles. The number of nitrogens with zero attached hydrogens (tertiary/aromatic N) is 1. The van der Waals surface area contributed by atoms with Gasteiger partial charge in [0.1, 0.15) is 0 Å². The quantitative estimate of drug-likeness (QED) is 0.217. The standard InChI is InChI=1S/C38H23NS/c1-2-8-27-23-35-32(21-26(27)7-1)30-11-3-4-13-34(30)39(35)29-18-15-24(16-19-29)28-17-20-36-33(22-28)31-12-5-9-25-10-6-14-37(40-36)38(25)31/h1-23H. The van der Waals surface area contributed by atoms with Crippen LogP contribution in [0.5, 0.6) is 0 Å². The molecule has 2 heterocycles. The van der Waals surface area contributed by atoms with E-state index in [9.17, 15) is 0 Å². The van der Waals surface area contributed by atoms with Gasteiger partial charge in [0.2, 0.25) is 0 Å². The van der Waals surface area contributed by atoms with Crippen LogP contribution in [0.2, 0.25) is 0 Å². The van der Waals surface area contributed by atoms with Gasteiger partial charge in [0, 0.05) is 31.6 Å². The second-order valence-electron chi connectivity index (χ2n) is 10.6. The predicted molar refractivity (Wildman–Crippen MR) is 171 cm³/mol. The van der Waals surface area contributed by atoms with Gasteiger partial charge in [-0.25, -0.2) is 0 Å². The Balaban J connectivity index is 1.18. The largest absolute Gasteiger partial charge is 0.309 e. The summed E-state index contributed by atoms with van der Waals surface area (Å²) < 4.78 is 2.40. The summed E-state index contributed by atoms with van der Waals surface area (Å²) in [7, 11) is 0. The fourth-order valence-corrected chi connectivity index (χ4v) is 7.61. The molecule has 1 aromatic heterocycles. The van der Waals surface area contributed by atoms with Gasteiger partial charge in [0.15, 0.2) is 0 Å². The molecular weight excluding hydrogens is 502 g/mol. The fourth-order valence-electron chi connectivity index (χ4n) is 6.48. The maximum atomic E-state index is 2.40. The first-order chi connectivity index (χ1) is 19.8. The van der Waals surface area contributed by atoms with Crippen molar-refractivity contribution in [3.63, 3.8) is 0 Å². The van der Waals surface area contributed by atoms with Crippen LogP contribution < -0.4 is 0 Å². The zero-order chi connectivity index (χ0) is 26.2. The Labute approximate surface area is 236 Å². The average Bonchev–Trinajstić information content (AvgIpc) is 3.33. The molecule has 0 bridgehead atoms. The maximum absolute atomic E-state index is 2.40. The van der Waals surface area contributed by atoms with Crippen LogP contribution in [-0.2, 0) is 0 Å². The summed E-state index contributed by atoms with van der Waals surface area (Å²) in [6.07, 6.45) is 0. The first-order valence-corrected chi connectivity index (χ1v) is 14.5. The normalized spacial score (nSPS) is 12.4. The molecule has 40 heavy (non-hydrogen) atoms. The van der Waals surface area contributed by atoms with Crippen molar-refractivity contribution in [2.75, 3.05) is 0 Å². The molecular formula is C38H23NS. The lowest BCUT2D eigenvalue weighted by molar-refractivity contribution is 1.18. The minimum Gasteiger partial charge on any atom is -0.309 e. The molecule has 1 nitrogen and oxygen atoms in total. The zero-order valence-corrected chi connectivity index (χ0v) is 22.5. The molecule has 0 saturated carbocycles. The third kappa shape index (κ3) is 3.17. The first-order valence-electron chi connectivity index (χ1n) is 13.7. The minimum absolute atomic E-state index is 1.18. The van der Waals surface area contributed by atoms with Gasteiger partial charge in [-0.1, -0.05) is 103 Å². The SMILES string of the molecule is c1ccc2cc3c(cc2c1)c1ccccc1n3-c1ccc(-c2ccc3c(c2)-c2cccc4cccc(c24)S3)cc1. The lowest BCUT2D eigenvalue weighted by Crippen LogP contribution is -1.95. The van der Waals surface area contributed by atoms with Crippen molar-refractivity contribution in [1.82, 2.24) is 4.57 Å². The van der Waals surface area contributed by atoms with Crippen LogP contribution >= 0.6 is 11.8 Å². The summed E-state index contributed by atoms with van der Waals surface area (Å²) in [6, 6.07) is 51.3. The summed E-state index contributed by atoms with van der Waals surface area (Å²) >= 11 is 1.88. The minimum atomic E-state index is 1.18.